The molecule has 36 heavy (non-hydrogen) atoms. The Kier molecular flexibility index (Phi) is 9.74. The largest absolute Gasteiger partial charge is 0.462 e. The second-order valence-corrected chi connectivity index (χ2v) is 13.2. The first-order valence-corrected chi connectivity index (χ1v) is 12.1. The number of carbonyl (C=O) groups is 4. The lowest BCUT2D eigenvalue weighted by atomic mass is 9.93. The molecule has 9 nitrogen and oxygen atoms in total. The van der Waals surface area contributed by atoms with Crippen molar-refractivity contribution in [2.75, 3.05) is 6.61 Å². The van der Waals surface area contributed by atoms with Crippen molar-refractivity contribution in [2.45, 2.75) is 114 Å². The summed E-state index contributed by atoms with van der Waals surface area (Å²) in [5, 5.41) is 0. The van der Waals surface area contributed by atoms with E-state index in [-0.39, 0.29) is 0 Å². The summed E-state index contributed by atoms with van der Waals surface area (Å²) in [5.74, 6) is -2.79. The van der Waals surface area contributed by atoms with Crippen molar-refractivity contribution in [3.63, 3.8) is 0 Å². The average molecular weight is 519 g/mol. The Bertz CT molecular complexity index is 824. The van der Waals surface area contributed by atoms with Gasteiger partial charge >= 0.3 is 23.9 Å². The molecule has 1 rings (SSSR count). The SMILES string of the molecule is CC(C)(C)C(=O)OCC1O[C@H](F)C(OC(=O)C(C)(C)C)C(OC(=O)C(C)(C)C)[C@H]1OC(=O)C(C)(C)C. The lowest BCUT2D eigenvalue weighted by Gasteiger charge is -2.43. The number of carbonyl (C=O) groups excluding carboxylic acids is 4. The summed E-state index contributed by atoms with van der Waals surface area (Å²) in [5.41, 5.74) is -3.84. The van der Waals surface area contributed by atoms with E-state index in [0.29, 0.717) is 0 Å². The molecule has 1 fully saturated rings. The average Bonchev–Trinajstić information content (AvgIpc) is 2.67. The zero-order valence-corrected chi connectivity index (χ0v) is 23.6. The second-order valence-electron chi connectivity index (χ2n) is 13.2. The molecule has 1 saturated heterocycles. The quantitative estimate of drug-likeness (QED) is 0.391. The molecular formula is C26H43FO9. The number of esters is 4. The molecule has 1 heterocycles. The van der Waals surface area contributed by atoms with Crippen LogP contribution in [-0.4, -0.2) is 61.3 Å². The van der Waals surface area contributed by atoms with Gasteiger partial charge in [0.1, 0.15) is 12.7 Å². The number of hydrogen-bond acceptors (Lipinski definition) is 9. The molecule has 0 radical (unpaired) electrons. The highest BCUT2D eigenvalue weighted by Gasteiger charge is 2.55. The van der Waals surface area contributed by atoms with Gasteiger partial charge in [-0.1, -0.05) is 0 Å². The molecule has 5 atom stereocenters. The predicted octanol–water partition coefficient (Wildman–Crippen LogP) is 4.14. The molecule has 0 amide bonds. The molecule has 1 aliphatic rings. The number of halogens is 1. The summed E-state index contributed by atoms with van der Waals surface area (Å²) >= 11 is 0. The van der Waals surface area contributed by atoms with Crippen LogP contribution in [0.4, 0.5) is 4.39 Å². The Hall–Kier alpha value is -2.23. The minimum absolute atomic E-state index is 0.484. The first-order chi connectivity index (χ1) is 16.0. The van der Waals surface area contributed by atoms with E-state index < -0.39 is 82.9 Å². The predicted molar refractivity (Wildman–Crippen MR) is 128 cm³/mol. The minimum Gasteiger partial charge on any atom is -0.462 e. The normalized spacial score (nSPS) is 25.5. The highest BCUT2D eigenvalue weighted by Crippen LogP contribution is 2.34. The standard InChI is InChI=1S/C26H43FO9/c1-23(2,3)19(28)32-13-14-15(34-20(29)24(4,5)6)16(35-21(30)25(7,8)9)17(18(27)33-14)36-22(31)26(10,11)12/h14-18H,13H2,1-12H3/t14?,15-,16?,17?,18-/m0/s1. The Morgan fingerprint density at radius 1 is 0.583 bits per heavy atom. The van der Waals surface area contributed by atoms with Crippen LogP contribution in [0.5, 0.6) is 0 Å². The molecule has 0 aliphatic carbocycles. The van der Waals surface area contributed by atoms with E-state index in [1.165, 1.54) is 0 Å². The topological polar surface area (TPSA) is 114 Å². The summed E-state index contributed by atoms with van der Waals surface area (Å²) in [6.45, 7) is 18.8. The van der Waals surface area contributed by atoms with Gasteiger partial charge in [0.05, 0.1) is 21.7 Å². The molecule has 0 aromatic carbocycles. The minimum atomic E-state index is -2.25. The van der Waals surface area contributed by atoms with Crippen molar-refractivity contribution in [3.05, 3.63) is 0 Å². The molecule has 0 aromatic rings. The fourth-order valence-corrected chi connectivity index (χ4v) is 2.68. The molecule has 0 saturated carbocycles. The van der Waals surface area contributed by atoms with Crippen LogP contribution < -0.4 is 0 Å². The zero-order valence-electron chi connectivity index (χ0n) is 23.6. The molecule has 0 N–H and O–H groups in total. The third-order valence-electron chi connectivity index (χ3n) is 5.13. The van der Waals surface area contributed by atoms with Gasteiger partial charge < -0.3 is 23.7 Å². The summed E-state index contributed by atoms with van der Waals surface area (Å²) < 4.78 is 42.8. The van der Waals surface area contributed by atoms with E-state index in [0.717, 1.165) is 0 Å². The van der Waals surface area contributed by atoms with E-state index in [4.69, 9.17) is 23.7 Å². The summed E-state index contributed by atoms with van der Waals surface area (Å²) in [6, 6.07) is 0. The molecule has 0 spiro atoms. The molecule has 0 bridgehead atoms. The van der Waals surface area contributed by atoms with Crippen LogP contribution in [0.1, 0.15) is 83.1 Å². The van der Waals surface area contributed by atoms with Crippen molar-refractivity contribution < 1.29 is 47.3 Å². The van der Waals surface area contributed by atoms with Crippen molar-refractivity contribution in [2.24, 2.45) is 21.7 Å². The number of rotatable bonds is 5. The van der Waals surface area contributed by atoms with Gasteiger partial charge in [-0.25, -0.2) is 4.39 Å². The van der Waals surface area contributed by atoms with Crippen LogP contribution in [0.15, 0.2) is 0 Å². The highest BCUT2D eigenvalue weighted by molar-refractivity contribution is 5.78. The third-order valence-corrected chi connectivity index (χ3v) is 5.13. The molecular weight excluding hydrogens is 475 g/mol. The molecule has 0 aromatic heterocycles. The van der Waals surface area contributed by atoms with Crippen molar-refractivity contribution in [1.29, 1.82) is 0 Å². The van der Waals surface area contributed by atoms with E-state index in [1.807, 2.05) is 0 Å². The van der Waals surface area contributed by atoms with Gasteiger partial charge in [-0.3, -0.25) is 19.2 Å². The fraction of sp³-hybridized carbons (Fsp3) is 0.846. The van der Waals surface area contributed by atoms with E-state index in [2.05, 4.69) is 0 Å². The Labute approximate surface area is 213 Å². The maximum atomic E-state index is 15.4. The van der Waals surface area contributed by atoms with Crippen LogP contribution in [-0.2, 0) is 42.9 Å². The maximum Gasteiger partial charge on any atom is 0.311 e. The van der Waals surface area contributed by atoms with Crippen LogP contribution in [0.25, 0.3) is 0 Å². The molecule has 1 aliphatic heterocycles. The monoisotopic (exact) mass is 518 g/mol. The number of ether oxygens (including phenoxy) is 5. The van der Waals surface area contributed by atoms with E-state index in [1.54, 1.807) is 83.1 Å². The van der Waals surface area contributed by atoms with Crippen LogP contribution >= 0.6 is 0 Å². The van der Waals surface area contributed by atoms with Gasteiger partial charge in [0.15, 0.2) is 18.3 Å². The van der Waals surface area contributed by atoms with Crippen molar-refractivity contribution >= 4 is 23.9 Å². The van der Waals surface area contributed by atoms with E-state index in [9.17, 15) is 19.2 Å². The van der Waals surface area contributed by atoms with Gasteiger partial charge in [-0.05, 0) is 83.1 Å². The first-order valence-electron chi connectivity index (χ1n) is 12.1. The summed E-state index contributed by atoms with van der Waals surface area (Å²) in [4.78, 5) is 50.7. The smallest absolute Gasteiger partial charge is 0.311 e. The van der Waals surface area contributed by atoms with Crippen LogP contribution in [0, 0.1) is 21.7 Å². The number of alkyl halides is 1. The van der Waals surface area contributed by atoms with Crippen LogP contribution in [0.3, 0.4) is 0 Å². The van der Waals surface area contributed by atoms with Gasteiger partial charge in [0.2, 0.25) is 6.36 Å². The van der Waals surface area contributed by atoms with Gasteiger partial charge in [0, 0.05) is 0 Å². The van der Waals surface area contributed by atoms with Crippen LogP contribution in [0.2, 0.25) is 0 Å². The zero-order chi connectivity index (χ0) is 28.4. The summed E-state index contributed by atoms with van der Waals surface area (Å²) in [7, 11) is 0. The maximum absolute atomic E-state index is 15.4. The second kappa shape index (κ2) is 11.0. The lowest BCUT2D eigenvalue weighted by Crippen LogP contribution is -2.62. The lowest BCUT2D eigenvalue weighted by molar-refractivity contribution is -0.283. The van der Waals surface area contributed by atoms with E-state index >= 15 is 4.39 Å². The van der Waals surface area contributed by atoms with Gasteiger partial charge in [-0.15, -0.1) is 0 Å². The highest BCUT2D eigenvalue weighted by atomic mass is 19.1. The number of hydrogen-bond donors (Lipinski definition) is 0. The Morgan fingerprint density at radius 2 is 0.917 bits per heavy atom. The van der Waals surface area contributed by atoms with Gasteiger partial charge in [0.25, 0.3) is 0 Å². The fourth-order valence-electron chi connectivity index (χ4n) is 2.68. The van der Waals surface area contributed by atoms with Crippen molar-refractivity contribution in [3.8, 4) is 0 Å². The molecule has 10 heteroatoms. The Morgan fingerprint density at radius 3 is 1.28 bits per heavy atom. The Balaban J connectivity index is 3.50. The molecule has 3 unspecified atom stereocenters. The molecule has 208 valence electrons. The first kappa shape index (κ1) is 31.8. The van der Waals surface area contributed by atoms with Crippen molar-refractivity contribution in [1.82, 2.24) is 0 Å². The van der Waals surface area contributed by atoms with Gasteiger partial charge in [-0.2, -0.15) is 0 Å². The summed E-state index contributed by atoms with van der Waals surface area (Å²) in [6.07, 6.45) is -8.30. The third kappa shape index (κ3) is 8.71.